The Bertz CT molecular complexity index is 775. The van der Waals surface area contributed by atoms with E-state index in [1.165, 1.54) is 0 Å². The Morgan fingerprint density at radius 1 is 1.35 bits per heavy atom. The van der Waals surface area contributed by atoms with Crippen molar-refractivity contribution in [3.05, 3.63) is 44.8 Å². The van der Waals surface area contributed by atoms with E-state index in [4.69, 9.17) is 0 Å². The van der Waals surface area contributed by atoms with Crippen LogP contribution in [0.4, 0.5) is 0 Å². The minimum absolute atomic E-state index is 0.218. The molecule has 2 aromatic heterocycles. The standard InChI is InChI=1S/C11H7Br2N3O/c12-5-6-3-10-14-15-11(17)16(10)9-4-7(13)1-2-8(6)9/h1-4H,5H2,(H,15,17). The largest absolute Gasteiger partial charge is 0.348 e. The first-order valence-electron chi connectivity index (χ1n) is 4.95. The zero-order valence-corrected chi connectivity index (χ0v) is 11.7. The zero-order valence-electron chi connectivity index (χ0n) is 8.58. The minimum Gasteiger partial charge on any atom is -0.246 e. The molecule has 0 aliphatic carbocycles. The van der Waals surface area contributed by atoms with Gasteiger partial charge in [-0.15, -0.1) is 0 Å². The molecule has 0 aliphatic heterocycles. The normalized spacial score (nSPS) is 11.4. The second kappa shape index (κ2) is 3.96. The topological polar surface area (TPSA) is 50.2 Å². The molecule has 17 heavy (non-hydrogen) atoms. The molecule has 6 heteroatoms. The molecule has 0 aliphatic rings. The lowest BCUT2D eigenvalue weighted by atomic mass is 10.1. The van der Waals surface area contributed by atoms with E-state index in [0.717, 1.165) is 26.3 Å². The summed E-state index contributed by atoms with van der Waals surface area (Å²) in [7, 11) is 0. The molecule has 1 aromatic carbocycles. The molecule has 0 fully saturated rings. The van der Waals surface area contributed by atoms with Gasteiger partial charge in [0.15, 0.2) is 5.65 Å². The number of H-pyrrole nitrogens is 1. The number of rotatable bonds is 1. The smallest absolute Gasteiger partial charge is 0.246 e. The van der Waals surface area contributed by atoms with Gasteiger partial charge in [-0.1, -0.05) is 37.9 Å². The van der Waals surface area contributed by atoms with Crippen molar-refractivity contribution < 1.29 is 0 Å². The summed E-state index contributed by atoms with van der Waals surface area (Å²) in [6.07, 6.45) is 0. The summed E-state index contributed by atoms with van der Waals surface area (Å²) >= 11 is 6.87. The van der Waals surface area contributed by atoms with Crippen LogP contribution in [0.25, 0.3) is 16.6 Å². The van der Waals surface area contributed by atoms with E-state index in [-0.39, 0.29) is 5.69 Å². The molecule has 0 radical (unpaired) electrons. The Hall–Kier alpha value is -1.14. The Labute approximate surface area is 113 Å². The van der Waals surface area contributed by atoms with E-state index in [1.807, 2.05) is 24.3 Å². The van der Waals surface area contributed by atoms with Crippen molar-refractivity contribution in [2.75, 3.05) is 0 Å². The number of aromatic amines is 1. The van der Waals surface area contributed by atoms with Crippen molar-refractivity contribution in [2.24, 2.45) is 0 Å². The van der Waals surface area contributed by atoms with Crippen molar-refractivity contribution in [2.45, 2.75) is 5.33 Å². The molecule has 3 rings (SSSR count). The number of halogens is 2. The van der Waals surface area contributed by atoms with Gasteiger partial charge in [0.2, 0.25) is 0 Å². The highest BCUT2D eigenvalue weighted by Gasteiger charge is 2.09. The van der Waals surface area contributed by atoms with Crippen LogP contribution in [0.3, 0.4) is 0 Å². The van der Waals surface area contributed by atoms with Crippen LogP contribution in [0.2, 0.25) is 0 Å². The van der Waals surface area contributed by atoms with E-state index in [2.05, 4.69) is 42.1 Å². The fourth-order valence-corrected chi connectivity index (χ4v) is 2.76. The first-order valence-corrected chi connectivity index (χ1v) is 6.86. The predicted molar refractivity (Wildman–Crippen MR) is 73.6 cm³/mol. The van der Waals surface area contributed by atoms with Gasteiger partial charge in [-0.25, -0.2) is 14.3 Å². The van der Waals surface area contributed by atoms with Gasteiger partial charge in [-0.2, -0.15) is 5.10 Å². The van der Waals surface area contributed by atoms with Gasteiger partial charge in [-0.3, -0.25) is 0 Å². The van der Waals surface area contributed by atoms with E-state index in [0.29, 0.717) is 5.65 Å². The van der Waals surface area contributed by atoms with Crippen LogP contribution in [-0.2, 0) is 5.33 Å². The molecule has 0 atom stereocenters. The molecule has 86 valence electrons. The molecule has 0 saturated heterocycles. The third-order valence-corrected chi connectivity index (χ3v) is 3.79. The predicted octanol–water partition coefficient (Wildman–Crippen LogP) is 2.83. The Morgan fingerprint density at radius 3 is 2.94 bits per heavy atom. The minimum atomic E-state index is -0.218. The summed E-state index contributed by atoms with van der Waals surface area (Å²) < 4.78 is 2.51. The van der Waals surface area contributed by atoms with Crippen molar-refractivity contribution in [1.82, 2.24) is 14.6 Å². The van der Waals surface area contributed by atoms with Crippen LogP contribution in [0.15, 0.2) is 33.5 Å². The van der Waals surface area contributed by atoms with Crippen LogP contribution < -0.4 is 5.69 Å². The van der Waals surface area contributed by atoms with Crippen molar-refractivity contribution in [3.8, 4) is 0 Å². The van der Waals surface area contributed by atoms with Crippen LogP contribution in [-0.4, -0.2) is 14.6 Å². The average Bonchev–Trinajstić information content (AvgIpc) is 2.70. The molecule has 2 heterocycles. The molecular weight excluding hydrogens is 350 g/mol. The molecule has 4 nitrogen and oxygen atoms in total. The summed E-state index contributed by atoms with van der Waals surface area (Å²) in [6.45, 7) is 0. The Balaban J connectivity index is 2.64. The van der Waals surface area contributed by atoms with Crippen molar-refractivity contribution >= 4 is 48.4 Å². The van der Waals surface area contributed by atoms with Gasteiger partial charge in [0.05, 0.1) is 5.52 Å². The lowest BCUT2D eigenvalue weighted by Gasteiger charge is -2.06. The molecule has 0 saturated carbocycles. The van der Waals surface area contributed by atoms with Crippen molar-refractivity contribution in [1.29, 1.82) is 0 Å². The van der Waals surface area contributed by atoms with Gasteiger partial charge in [-0.05, 0) is 23.8 Å². The highest BCUT2D eigenvalue weighted by molar-refractivity contribution is 9.10. The number of pyridine rings is 1. The number of fused-ring (bicyclic) bond motifs is 3. The van der Waals surface area contributed by atoms with E-state index in [9.17, 15) is 4.79 Å². The number of aromatic nitrogens is 3. The highest BCUT2D eigenvalue weighted by Crippen LogP contribution is 2.25. The van der Waals surface area contributed by atoms with Gasteiger partial charge in [0.1, 0.15) is 0 Å². The monoisotopic (exact) mass is 355 g/mol. The first-order chi connectivity index (χ1) is 8.20. The molecule has 0 unspecified atom stereocenters. The quantitative estimate of drug-likeness (QED) is 0.681. The average molecular weight is 357 g/mol. The van der Waals surface area contributed by atoms with E-state index >= 15 is 0 Å². The third-order valence-electron chi connectivity index (χ3n) is 2.69. The maximum Gasteiger partial charge on any atom is 0.348 e. The highest BCUT2D eigenvalue weighted by atomic mass is 79.9. The summed E-state index contributed by atoms with van der Waals surface area (Å²) in [5.74, 6) is 0. The summed E-state index contributed by atoms with van der Waals surface area (Å²) in [6, 6.07) is 7.79. The molecule has 1 N–H and O–H groups in total. The number of hydrogen-bond acceptors (Lipinski definition) is 2. The second-order valence-electron chi connectivity index (χ2n) is 3.69. The van der Waals surface area contributed by atoms with Crippen LogP contribution in [0, 0.1) is 0 Å². The molecule has 3 aromatic rings. The van der Waals surface area contributed by atoms with Gasteiger partial charge < -0.3 is 0 Å². The Kier molecular flexibility index (Phi) is 2.56. The maximum absolute atomic E-state index is 11.7. The summed E-state index contributed by atoms with van der Waals surface area (Å²) in [4.78, 5) is 11.7. The molecule has 0 amide bonds. The first kappa shape index (κ1) is 11.0. The van der Waals surface area contributed by atoms with E-state index in [1.54, 1.807) is 4.40 Å². The van der Waals surface area contributed by atoms with Crippen LogP contribution in [0.5, 0.6) is 0 Å². The number of hydrogen-bond donors (Lipinski definition) is 1. The SMILES string of the molecule is O=c1[nH]nc2cc(CBr)c3ccc(Br)cc3n12. The number of alkyl halides is 1. The lowest BCUT2D eigenvalue weighted by Crippen LogP contribution is -2.10. The summed E-state index contributed by atoms with van der Waals surface area (Å²) in [5, 5.41) is 8.23. The molecule has 0 spiro atoms. The lowest BCUT2D eigenvalue weighted by molar-refractivity contribution is 1.04. The fourth-order valence-electron chi connectivity index (χ4n) is 1.94. The molecular formula is C11H7Br2N3O. The van der Waals surface area contributed by atoms with E-state index < -0.39 is 0 Å². The maximum atomic E-state index is 11.7. The fraction of sp³-hybridized carbons (Fsp3) is 0.0909. The number of nitrogens with zero attached hydrogens (tertiary/aromatic N) is 2. The second-order valence-corrected chi connectivity index (χ2v) is 5.16. The van der Waals surface area contributed by atoms with Crippen molar-refractivity contribution in [3.63, 3.8) is 0 Å². The molecule has 0 bridgehead atoms. The van der Waals surface area contributed by atoms with Gasteiger partial charge >= 0.3 is 5.69 Å². The van der Waals surface area contributed by atoms with Gasteiger partial charge in [0.25, 0.3) is 0 Å². The number of benzene rings is 1. The summed E-state index contributed by atoms with van der Waals surface area (Å²) in [5.41, 5.74) is 2.38. The van der Waals surface area contributed by atoms with Crippen LogP contribution >= 0.6 is 31.9 Å². The third kappa shape index (κ3) is 1.63. The number of nitrogens with one attached hydrogen (secondary N) is 1. The Morgan fingerprint density at radius 2 is 2.18 bits per heavy atom. The zero-order chi connectivity index (χ0) is 12.0. The van der Waals surface area contributed by atoms with Gasteiger partial charge in [0, 0.05) is 15.2 Å². The van der Waals surface area contributed by atoms with Crippen LogP contribution in [0.1, 0.15) is 5.56 Å².